The van der Waals surface area contributed by atoms with Gasteiger partial charge in [-0.25, -0.2) is 0 Å². The molecule has 112 valence electrons. The summed E-state index contributed by atoms with van der Waals surface area (Å²) in [6.45, 7) is 4.43. The standard InChI is InChI=1S/C20H20BrN/c1-12-9-10-18-16-7-4-8-17(16)20(22-19(18)13(12)2)14-5-3-6-15(21)11-14/h3-7,9-11,16-17,20,22H,8H2,1-2H3/t16-,17+,20-/m1/s1. The third-order valence-electron chi connectivity index (χ3n) is 5.28. The van der Waals surface area contributed by atoms with Gasteiger partial charge in [-0.05, 0) is 60.6 Å². The normalized spacial score (nSPS) is 25.5. The van der Waals surface area contributed by atoms with E-state index in [1.54, 1.807) is 0 Å². The SMILES string of the molecule is Cc1ccc2c(c1C)N[C@H](c1cccc(Br)c1)[C@H]1CC=C[C@@H]21. The zero-order chi connectivity index (χ0) is 15.3. The topological polar surface area (TPSA) is 12.0 Å². The molecule has 0 saturated carbocycles. The van der Waals surface area contributed by atoms with E-state index in [4.69, 9.17) is 0 Å². The molecule has 0 spiro atoms. The van der Waals surface area contributed by atoms with Crippen LogP contribution in [-0.2, 0) is 0 Å². The van der Waals surface area contributed by atoms with E-state index >= 15 is 0 Å². The molecule has 4 rings (SSSR count). The molecular weight excluding hydrogens is 334 g/mol. The number of halogens is 1. The molecule has 3 atom stereocenters. The van der Waals surface area contributed by atoms with Crippen molar-refractivity contribution in [2.75, 3.05) is 5.32 Å². The Labute approximate surface area is 140 Å². The second kappa shape index (κ2) is 5.27. The summed E-state index contributed by atoms with van der Waals surface area (Å²) in [6, 6.07) is 13.7. The van der Waals surface area contributed by atoms with Gasteiger partial charge in [-0.15, -0.1) is 0 Å². The molecule has 1 aliphatic heterocycles. The molecule has 1 aliphatic carbocycles. The van der Waals surface area contributed by atoms with Gasteiger partial charge < -0.3 is 5.32 Å². The van der Waals surface area contributed by atoms with Gasteiger partial charge in [0.05, 0.1) is 6.04 Å². The summed E-state index contributed by atoms with van der Waals surface area (Å²) in [5.41, 5.74) is 6.93. The maximum atomic E-state index is 3.86. The van der Waals surface area contributed by atoms with Crippen LogP contribution in [0.15, 0.2) is 53.0 Å². The van der Waals surface area contributed by atoms with Crippen molar-refractivity contribution in [2.24, 2.45) is 5.92 Å². The summed E-state index contributed by atoms with van der Waals surface area (Å²) in [7, 11) is 0. The summed E-state index contributed by atoms with van der Waals surface area (Å²) in [5, 5.41) is 3.86. The number of allylic oxidation sites excluding steroid dienone is 2. The average molecular weight is 354 g/mol. The molecule has 22 heavy (non-hydrogen) atoms. The lowest BCUT2D eigenvalue weighted by Gasteiger charge is -2.38. The van der Waals surface area contributed by atoms with Crippen molar-refractivity contribution >= 4 is 21.6 Å². The molecule has 1 heterocycles. The zero-order valence-corrected chi connectivity index (χ0v) is 14.5. The molecule has 0 saturated heterocycles. The molecule has 0 unspecified atom stereocenters. The quantitative estimate of drug-likeness (QED) is 0.630. The second-order valence-corrected chi connectivity index (χ2v) is 7.42. The number of nitrogens with one attached hydrogen (secondary N) is 1. The minimum Gasteiger partial charge on any atom is -0.377 e. The first kappa shape index (κ1) is 14.1. The molecule has 0 amide bonds. The average Bonchev–Trinajstić information content (AvgIpc) is 3.00. The number of fused-ring (bicyclic) bond motifs is 3. The van der Waals surface area contributed by atoms with Crippen molar-refractivity contribution in [1.29, 1.82) is 0 Å². The Balaban J connectivity index is 1.84. The van der Waals surface area contributed by atoms with Gasteiger partial charge in [0.1, 0.15) is 0 Å². The van der Waals surface area contributed by atoms with E-state index in [9.17, 15) is 0 Å². The minimum atomic E-state index is 0.380. The van der Waals surface area contributed by atoms with Crippen LogP contribution >= 0.6 is 15.9 Å². The van der Waals surface area contributed by atoms with Crippen molar-refractivity contribution in [3.8, 4) is 0 Å². The highest BCUT2D eigenvalue weighted by molar-refractivity contribution is 9.10. The third-order valence-corrected chi connectivity index (χ3v) is 5.77. The predicted octanol–water partition coefficient (Wildman–Crippen LogP) is 5.89. The fraction of sp³-hybridized carbons (Fsp3) is 0.300. The molecule has 0 aromatic heterocycles. The van der Waals surface area contributed by atoms with Crippen molar-refractivity contribution in [1.82, 2.24) is 0 Å². The molecule has 2 aliphatic rings. The fourth-order valence-corrected chi connectivity index (χ4v) is 4.37. The van der Waals surface area contributed by atoms with Crippen molar-refractivity contribution < 1.29 is 0 Å². The van der Waals surface area contributed by atoms with Crippen LogP contribution in [0.1, 0.15) is 40.6 Å². The van der Waals surface area contributed by atoms with Crippen LogP contribution in [-0.4, -0.2) is 0 Å². The molecule has 0 radical (unpaired) electrons. The van der Waals surface area contributed by atoms with Crippen molar-refractivity contribution in [3.05, 3.63) is 75.3 Å². The zero-order valence-electron chi connectivity index (χ0n) is 12.9. The number of anilines is 1. The molecule has 0 fully saturated rings. The van der Waals surface area contributed by atoms with Gasteiger partial charge in [0.2, 0.25) is 0 Å². The number of hydrogen-bond donors (Lipinski definition) is 1. The van der Waals surface area contributed by atoms with Gasteiger partial charge in [-0.2, -0.15) is 0 Å². The summed E-state index contributed by atoms with van der Waals surface area (Å²) in [4.78, 5) is 0. The van der Waals surface area contributed by atoms with Crippen LogP contribution in [0, 0.1) is 19.8 Å². The molecular formula is C20H20BrN. The van der Waals surface area contributed by atoms with Crippen LogP contribution in [0.4, 0.5) is 5.69 Å². The van der Waals surface area contributed by atoms with E-state index in [0.29, 0.717) is 17.9 Å². The third kappa shape index (κ3) is 2.13. The lowest BCUT2D eigenvalue weighted by atomic mass is 9.76. The van der Waals surface area contributed by atoms with E-state index < -0.39 is 0 Å². The smallest absolute Gasteiger partial charge is 0.0554 e. The number of rotatable bonds is 1. The van der Waals surface area contributed by atoms with Gasteiger partial charge in [0, 0.05) is 16.1 Å². The summed E-state index contributed by atoms with van der Waals surface area (Å²) >= 11 is 3.62. The number of hydrogen-bond acceptors (Lipinski definition) is 1. The Bertz CT molecular complexity index is 762. The molecule has 1 nitrogen and oxygen atoms in total. The number of benzene rings is 2. The summed E-state index contributed by atoms with van der Waals surface area (Å²) < 4.78 is 1.15. The highest BCUT2D eigenvalue weighted by Crippen LogP contribution is 2.51. The Morgan fingerprint density at radius 2 is 2.00 bits per heavy atom. The van der Waals surface area contributed by atoms with Crippen LogP contribution in [0.25, 0.3) is 0 Å². The summed E-state index contributed by atoms with van der Waals surface area (Å²) in [6.07, 6.45) is 5.91. The lowest BCUT2D eigenvalue weighted by Crippen LogP contribution is -2.29. The number of aryl methyl sites for hydroxylation is 1. The largest absolute Gasteiger partial charge is 0.377 e. The van der Waals surface area contributed by atoms with E-state index in [1.807, 2.05) is 0 Å². The van der Waals surface area contributed by atoms with Crippen LogP contribution in [0.2, 0.25) is 0 Å². The fourth-order valence-electron chi connectivity index (χ4n) is 3.95. The lowest BCUT2D eigenvalue weighted by molar-refractivity contribution is 0.425. The first-order valence-electron chi connectivity index (χ1n) is 7.94. The Morgan fingerprint density at radius 3 is 2.82 bits per heavy atom. The summed E-state index contributed by atoms with van der Waals surface area (Å²) in [5.74, 6) is 1.16. The van der Waals surface area contributed by atoms with Crippen LogP contribution in [0.3, 0.4) is 0 Å². The van der Waals surface area contributed by atoms with Gasteiger partial charge in [-0.3, -0.25) is 0 Å². The van der Waals surface area contributed by atoms with Crippen LogP contribution < -0.4 is 5.32 Å². The van der Waals surface area contributed by atoms with Gasteiger partial charge in [-0.1, -0.05) is 52.3 Å². The maximum Gasteiger partial charge on any atom is 0.0554 e. The van der Waals surface area contributed by atoms with Crippen molar-refractivity contribution in [3.63, 3.8) is 0 Å². The highest BCUT2D eigenvalue weighted by atomic mass is 79.9. The van der Waals surface area contributed by atoms with Gasteiger partial charge in [0.25, 0.3) is 0 Å². The predicted molar refractivity (Wildman–Crippen MR) is 96.4 cm³/mol. The second-order valence-electron chi connectivity index (χ2n) is 6.50. The monoisotopic (exact) mass is 353 g/mol. The molecule has 2 heteroatoms. The molecule has 2 aromatic rings. The van der Waals surface area contributed by atoms with E-state index in [1.165, 1.54) is 27.9 Å². The first-order chi connectivity index (χ1) is 10.6. The van der Waals surface area contributed by atoms with Gasteiger partial charge >= 0.3 is 0 Å². The van der Waals surface area contributed by atoms with Gasteiger partial charge in [0.15, 0.2) is 0 Å². The molecule has 0 bridgehead atoms. The Kier molecular flexibility index (Phi) is 3.37. The van der Waals surface area contributed by atoms with Crippen molar-refractivity contribution in [2.45, 2.75) is 32.2 Å². The first-order valence-corrected chi connectivity index (χ1v) is 8.73. The minimum absolute atomic E-state index is 0.380. The van der Waals surface area contributed by atoms with E-state index in [2.05, 4.69) is 83.6 Å². The highest BCUT2D eigenvalue weighted by Gasteiger charge is 2.38. The molecule has 1 N–H and O–H groups in total. The van der Waals surface area contributed by atoms with E-state index in [0.717, 1.165) is 10.9 Å². The van der Waals surface area contributed by atoms with E-state index in [-0.39, 0.29) is 0 Å². The molecule has 2 aromatic carbocycles. The Morgan fingerprint density at radius 1 is 1.14 bits per heavy atom. The Hall–Kier alpha value is -1.54. The van der Waals surface area contributed by atoms with Crippen LogP contribution in [0.5, 0.6) is 0 Å². The maximum absolute atomic E-state index is 3.86.